The molecule has 0 radical (unpaired) electrons. The Hall–Kier alpha value is -1.10. The van der Waals surface area contributed by atoms with Crippen molar-refractivity contribution in [3.8, 4) is 0 Å². The summed E-state index contributed by atoms with van der Waals surface area (Å²) in [6, 6.07) is 0. The molecule has 0 bridgehead atoms. The molecule has 0 aliphatic rings. The van der Waals surface area contributed by atoms with Gasteiger partial charge in [-0.15, -0.1) is 0 Å². The molecule has 2 amide bonds. The first-order valence-corrected chi connectivity index (χ1v) is 10.7. The second-order valence-electron chi connectivity index (χ2n) is 7.69. The lowest BCUT2D eigenvalue weighted by Crippen LogP contribution is -2.34. The molecule has 0 aliphatic carbocycles. The summed E-state index contributed by atoms with van der Waals surface area (Å²) in [6.45, 7) is 4.80. The van der Waals surface area contributed by atoms with Crippen molar-refractivity contribution >= 4 is 11.8 Å². The van der Waals surface area contributed by atoms with Crippen LogP contribution in [0.4, 0.5) is 0 Å². The van der Waals surface area contributed by atoms with E-state index in [2.05, 4.69) is 11.8 Å². The van der Waals surface area contributed by atoms with Crippen molar-refractivity contribution in [2.75, 3.05) is 33.7 Å². The molecule has 0 aromatic carbocycles. The molecule has 0 aromatic heterocycles. The van der Waals surface area contributed by atoms with Crippen molar-refractivity contribution in [2.45, 2.75) is 90.4 Å². The van der Waals surface area contributed by atoms with Gasteiger partial charge in [-0.1, -0.05) is 64.7 Å². The van der Waals surface area contributed by atoms with Crippen molar-refractivity contribution in [3.63, 3.8) is 0 Å². The Balaban J connectivity index is 3.90. The summed E-state index contributed by atoms with van der Waals surface area (Å²) in [5.41, 5.74) is 5.17. The fraction of sp³-hybridized carbons (Fsp3) is 0.905. The third-order valence-electron chi connectivity index (χ3n) is 4.75. The summed E-state index contributed by atoms with van der Waals surface area (Å²) in [7, 11) is 4.09. The molecule has 5 nitrogen and oxygen atoms in total. The second-order valence-corrected chi connectivity index (χ2v) is 7.69. The summed E-state index contributed by atoms with van der Waals surface area (Å²) in [5.74, 6) is -0.330. The number of nitrogens with two attached hydrogens (primary N) is 1. The van der Waals surface area contributed by atoms with E-state index in [0.717, 1.165) is 32.5 Å². The Labute approximate surface area is 161 Å². The average molecular weight is 370 g/mol. The van der Waals surface area contributed by atoms with E-state index in [4.69, 9.17) is 5.73 Å². The maximum absolute atomic E-state index is 12.3. The monoisotopic (exact) mass is 369 g/mol. The molecule has 26 heavy (non-hydrogen) atoms. The van der Waals surface area contributed by atoms with Crippen LogP contribution in [0.25, 0.3) is 0 Å². The summed E-state index contributed by atoms with van der Waals surface area (Å²) in [4.78, 5) is 27.3. The van der Waals surface area contributed by atoms with Gasteiger partial charge in [0, 0.05) is 25.9 Å². The summed E-state index contributed by atoms with van der Waals surface area (Å²) in [5, 5.41) is 0. The van der Waals surface area contributed by atoms with E-state index in [0.29, 0.717) is 0 Å². The number of amides is 2. The van der Waals surface area contributed by atoms with Gasteiger partial charge in [0.1, 0.15) is 0 Å². The maximum atomic E-state index is 12.3. The number of carbonyl (C=O) groups is 2. The van der Waals surface area contributed by atoms with Gasteiger partial charge in [0.25, 0.3) is 0 Å². The zero-order chi connectivity index (χ0) is 19.6. The van der Waals surface area contributed by atoms with Crippen LogP contribution in [-0.2, 0) is 9.59 Å². The van der Waals surface area contributed by atoms with Crippen LogP contribution in [-0.4, -0.2) is 55.3 Å². The first-order valence-electron chi connectivity index (χ1n) is 10.7. The number of unbranched alkanes of at least 4 members (excludes halogenated alkanes) is 9. The first kappa shape index (κ1) is 24.9. The molecular weight excluding hydrogens is 326 g/mol. The average Bonchev–Trinajstić information content (AvgIpc) is 2.59. The molecule has 154 valence electrons. The molecule has 0 aliphatic heterocycles. The molecule has 0 saturated heterocycles. The summed E-state index contributed by atoms with van der Waals surface area (Å²) < 4.78 is 0. The zero-order valence-electron chi connectivity index (χ0n) is 17.6. The molecule has 0 atom stereocenters. The molecular formula is C21H43N3O2. The van der Waals surface area contributed by atoms with Gasteiger partial charge in [-0.3, -0.25) is 9.59 Å². The lowest BCUT2D eigenvalue weighted by molar-refractivity contribution is -0.133. The fourth-order valence-electron chi connectivity index (χ4n) is 3.12. The highest BCUT2D eigenvalue weighted by atomic mass is 16.2. The van der Waals surface area contributed by atoms with Crippen LogP contribution in [0.2, 0.25) is 0 Å². The van der Waals surface area contributed by atoms with Crippen molar-refractivity contribution in [2.24, 2.45) is 5.73 Å². The van der Waals surface area contributed by atoms with E-state index in [1.807, 2.05) is 19.0 Å². The van der Waals surface area contributed by atoms with Crippen molar-refractivity contribution in [1.82, 2.24) is 9.80 Å². The molecule has 5 heteroatoms. The van der Waals surface area contributed by atoms with Crippen LogP contribution in [0.1, 0.15) is 90.4 Å². The normalized spacial score (nSPS) is 11.1. The minimum absolute atomic E-state index is 0.0680. The molecule has 0 heterocycles. The van der Waals surface area contributed by atoms with E-state index in [9.17, 15) is 9.59 Å². The molecule has 0 fully saturated rings. The van der Waals surface area contributed by atoms with Crippen molar-refractivity contribution in [3.05, 3.63) is 0 Å². The van der Waals surface area contributed by atoms with Crippen LogP contribution in [0.3, 0.4) is 0 Å². The van der Waals surface area contributed by atoms with Crippen LogP contribution >= 0.6 is 0 Å². The van der Waals surface area contributed by atoms with Gasteiger partial charge >= 0.3 is 0 Å². The van der Waals surface area contributed by atoms with E-state index in [1.165, 1.54) is 57.8 Å². The topological polar surface area (TPSA) is 66.6 Å². The molecule has 0 aromatic rings. The van der Waals surface area contributed by atoms with Crippen LogP contribution in [0.5, 0.6) is 0 Å². The van der Waals surface area contributed by atoms with Gasteiger partial charge in [0.05, 0.1) is 0 Å². The number of carbonyl (C=O) groups excluding carboxylic acids is 2. The lowest BCUT2D eigenvalue weighted by atomic mass is 10.1. The Morgan fingerprint density at radius 2 is 1.19 bits per heavy atom. The van der Waals surface area contributed by atoms with Crippen LogP contribution < -0.4 is 5.73 Å². The van der Waals surface area contributed by atoms with Crippen molar-refractivity contribution < 1.29 is 9.59 Å². The first-order chi connectivity index (χ1) is 12.5. The van der Waals surface area contributed by atoms with Crippen molar-refractivity contribution in [1.29, 1.82) is 0 Å². The number of primary amides is 1. The van der Waals surface area contributed by atoms with Gasteiger partial charge in [0.2, 0.25) is 11.8 Å². The largest absolute Gasteiger partial charge is 0.370 e. The quantitative estimate of drug-likeness (QED) is 0.372. The van der Waals surface area contributed by atoms with Gasteiger partial charge < -0.3 is 15.5 Å². The number of rotatable bonds is 18. The van der Waals surface area contributed by atoms with Gasteiger partial charge in [-0.05, 0) is 33.5 Å². The molecule has 0 spiro atoms. The van der Waals surface area contributed by atoms with Crippen LogP contribution in [0.15, 0.2) is 0 Å². The predicted molar refractivity (Wildman–Crippen MR) is 110 cm³/mol. The highest BCUT2D eigenvalue weighted by Crippen LogP contribution is 2.11. The van der Waals surface area contributed by atoms with E-state index < -0.39 is 5.91 Å². The fourth-order valence-corrected chi connectivity index (χ4v) is 3.12. The lowest BCUT2D eigenvalue weighted by Gasteiger charge is -2.23. The predicted octanol–water partition coefficient (Wildman–Crippen LogP) is 3.95. The minimum Gasteiger partial charge on any atom is -0.370 e. The van der Waals surface area contributed by atoms with E-state index in [1.54, 1.807) is 0 Å². The number of hydrogen-bond donors (Lipinski definition) is 1. The zero-order valence-corrected chi connectivity index (χ0v) is 17.6. The van der Waals surface area contributed by atoms with E-state index in [-0.39, 0.29) is 18.7 Å². The highest BCUT2D eigenvalue weighted by Gasteiger charge is 2.13. The Kier molecular flexibility index (Phi) is 16.6. The smallest absolute Gasteiger partial charge is 0.223 e. The molecule has 0 rings (SSSR count). The molecule has 0 unspecified atom stereocenters. The van der Waals surface area contributed by atoms with Gasteiger partial charge in [-0.25, -0.2) is 0 Å². The van der Waals surface area contributed by atoms with Gasteiger partial charge in [-0.2, -0.15) is 0 Å². The third kappa shape index (κ3) is 16.4. The van der Waals surface area contributed by atoms with Crippen LogP contribution in [0, 0.1) is 0 Å². The Morgan fingerprint density at radius 1 is 0.692 bits per heavy atom. The van der Waals surface area contributed by atoms with Gasteiger partial charge in [0.15, 0.2) is 0 Å². The minimum atomic E-state index is -0.398. The Morgan fingerprint density at radius 3 is 1.69 bits per heavy atom. The second kappa shape index (κ2) is 17.3. The third-order valence-corrected chi connectivity index (χ3v) is 4.75. The summed E-state index contributed by atoms with van der Waals surface area (Å²) >= 11 is 0. The number of nitrogens with zero attached hydrogens (tertiary/aromatic N) is 2. The number of hydrogen-bond acceptors (Lipinski definition) is 3. The maximum Gasteiger partial charge on any atom is 0.223 e. The SMILES string of the molecule is CCCCCCCCCCCCN(CCCN(C)C)C(=O)CCC(N)=O. The standard InChI is InChI=1S/C21H43N3O2/c1-4-5-6-7-8-9-10-11-12-13-18-24(19-14-17-23(2)3)21(26)16-15-20(22)25/h4-19H2,1-3H3,(H2,22,25). The summed E-state index contributed by atoms with van der Waals surface area (Å²) in [6.07, 6.45) is 14.3. The highest BCUT2D eigenvalue weighted by molar-refractivity contribution is 5.82. The Bertz CT molecular complexity index is 359. The molecule has 0 saturated carbocycles. The molecule has 2 N–H and O–H groups in total. The van der Waals surface area contributed by atoms with E-state index >= 15 is 0 Å².